The molecule has 0 unspecified atom stereocenters. The second-order valence-corrected chi connectivity index (χ2v) is 6.49. The lowest BCUT2D eigenvalue weighted by Gasteiger charge is -2.11. The number of hydrogen-bond acceptors (Lipinski definition) is 3. The van der Waals surface area contributed by atoms with Crippen LogP contribution < -0.4 is 15.8 Å². The van der Waals surface area contributed by atoms with Crippen LogP contribution in [0, 0.1) is 6.92 Å². The highest BCUT2D eigenvalue weighted by molar-refractivity contribution is 5.76. The summed E-state index contributed by atoms with van der Waals surface area (Å²) in [5, 5.41) is 3.00. The number of nitrogens with two attached hydrogens (primary N) is 1. The molecule has 0 heterocycles. The zero-order chi connectivity index (χ0) is 16.9. The van der Waals surface area contributed by atoms with Crippen molar-refractivity contribution in [1.29, 1.82) is 0 Å². The summed E-state index contributed by atoms with van der Waals surface area (Å²) in [6.45, 7) is 2.56. The molecule has 0 aliphatic heterocycles. The van der Waals surface area contributed by atoms with Gasteiger partial charge in [-0.25, -0.2) is 0 Å². The molecule has 1 amide bonds. The number of carbonyl (C=O) groups excluding carboxylic acids is 1. The Hall–Kier alpha value is -2.49. The van der Waals surface area contributed by atoms with Crippen molar-refractivity contribution in [1.82, 2.24) is 5.32 Å². The zero-order valence-corrected chi connectivity index (χ0v) is 14.0. The smallest absolute Gasteiger partial charge is 0.220 e. The first kappa shape index (κ1) is 16.4. The molecule has 126 valence electrons. The number of nitrogen functional groups attached to an aromatic ring is 1. The summed E-state index contributed by atoms with van der Waals surface area (Å²) in [4.78, 5) is 11.7. The van der Waals surface area contributed by atoms with Gasteiger partial charge in [0.25, 0.3) is 0 Å². The summed E-state index contributed by atoms with van der Waals surface area (Å²) in [5.41, 5.74) is 10.1. The van der Waals surface area contributed by atoms with E-state index in [9.17, 15) is 4.79 Å². The van der Waals surface area contributed by atoms with Crippen LogP contribution >= 0.6 is 0 Å². The van der Waals surface area contributed by atoms with Crippen LogP contribution in [0.2, 0.25) is 0 Å². The van der Waals surface area contributed by atoms with Gasteiger partial charge in [0.15, 0.2) is 0 Å². The number of hydrogen-bond donors (Lipinski definition) is 2. The fourth-order valence-electron chi connectivity index (χ4n) is 2.63. The van der Waals surface area contributed by atoms with E-state index >= 15 is 0 Å². The van der Waals surface area contributed by atoms with E-state index in [1.54, 1.807) is 0 Å². The predicted octanol–water partition coefficient (Wildman–Crippen LogP) is 3.37. The molecule has 1 aliphatic rings. The Kier molecular flexibility index (Phi) is 5.04. The molecular weight excluding hydrogens is 300 g/mol. The van der Waals surface area contributed by atoms with Crippen LogP contribution in [0.1, 0.15) is 36.0 Å². The molecule has 0 aromatic heterocycles. The quantitative estimate of drug-likeness (QED) is 0.768. The third kappa shape index (κ3) is 4.75. The number of anilines is 1. The first-order valence-corrected chi connectivity index (χ1v) is 8.46. The lowest BCUT2D eigenvalue weighted by Crippen LogP contribution is -2.25. The van der Waals surface area contributed by atoms with Crippen molar-refractivity contribution in [2.24, 2.45) is 0 Å². The molecule has 3 N–H and O–H groups in total. The number of ether oxygens (including phenoxy) is 1. The normalized spacial score (nSPS) is 13.5. The molecule has 0 saturated heterocycles. The first-order chi connectivity index (χ1) is 11.6. The second-order valence-electron chi connectivity index (χ2n) is 6.49. The van der Waals surface area contributed by atoms with E-state index in [1.807, 2.05) is 30.3 Å². The summed E-state index contributed by atoms with van der Waals surface area (Å²) in [5.74, 6) is 0.804. The van der Waals surface area contributed by atoms with Gasteiger partial charge in [-0.1, -0.05) is 35.9 Å². The molecule has 24 heavy (non-hydrogen) atoms. The molecule has 1 saturated carbocycles. The minimum atomic E-state index is 0.121. The molecule has 0 atom stereocenters. The second kappa shape index (κ2) is 7.39. The zero-order valence-electron chi connectivity index (χ0n) is 14.0. The largest absolute Gasteiger partial charge is 0.487 e. The molecule has 3 rings (SSSR count). The number of rotatable bonds is 7. The van der Waals surface area contributed by atoms with Gasteiger partial charge in [-0.05, 0) is 49.4 Å². The summed E-state index contributed by atoms with van der Waals surface area (Å²) in [6, 6.07) is 14.4. The molecule has 4 heteroatoms. The van der Waals surface area contributed by atoms with E-state index < -0.39 is 0 Å². The van der Waals surface area contributed by atoms with Gasteiger partial charge in [-0.2, -0.15) is 0 Å². The van der Waals surface area contributed by atoms with Gasteiger partial charge >= 0.3 is 0 Å². The van der Waals surface area contributed by atoms with E-state index in [0.29, 0.717) is 36.9 Å². The van der Waals surface area contributed by atoms with Crippen molar-refractivity contribution in [3.05, 3.63) is 59.2 Å². The SMILES string of the molecule is Cc1cccc(COc2ccc(CCC(=O)NC3CC3)cc2N)c1. The molecular formula is C20H24N2O2. The number of nitrogens with one attached hydrogen (secondary N) is 1. The van der Waals surface area contributed by atoms with Crippen molar-refractivity contribution in [3.63, 3.8) is 0 Å². The summed E-state index contributed by atoms with van der Waals surface area (Å²) in [7, 11) is 0. The lowest BCUT2D eigenvalue weighted by molar-refractivity contribution is -0.121. The van der Waals surface area contributed by atoms with Gasteiger partial charge in [0.1, 0.15) is 12.4 Å². The molecule has 2 aromatic carbocycles. The topological polar surface area (TPSA) is 64.3 Å². The highest BCUT2D eigenvalue weighted by Gasteiger charge is 2.22. The van der Waals surface area contributed by atoms with Crippen molar-refractivity contribution < 1.29 is 9.53 Å². The van der Waals surface area contributed by atoms with Crippen LogP contribution in [0.15, 0.2) is 42.5 Å². The lowest BCUT2D eigenvalue weighted by atomic mass is 10.1. The monoisotopic (exact) mass is 324 g/mol. The van der Waals surface area contributed by atoms with Crippen LogP contribution in [0.25, 0.3) is 0 Å². The van der Waals surface area contributed by atoms with Crippen LogP contribution in [0.3, 0.4) is 0 Å². The third-order valence-corrected chi connectivity index (χ3v) is 4.13. The van der Waals surface area contributed by atoms with Crippen molar-refractivity contribution >= 4 is 11.6 Å². The summed E-state index contributed by atoms with van der Waals surface area (Å²) >= 11 is 0. The summed E-state index contributed by atoms with van der Waals surface area (Å²) in [6.07, 6.45) is 3.43. The molecule has 0 spiro atoms. The van der Waals surface area contributed by atoms with E-state index in [0.717, 1.165) is 24.0 Å². The highest BCUT2D eigenvalue weighted by atomic mass is 16.5. The Morgan fingerprint density at radius 2 is 2.04 bits per heavy atom. The van der Waals surface area contributed by atoms with Crippen LogP contribution in [0.5, 0.6) is 5.75 Å². The molecule has 2 aromatic rings. The molecule has 1 fully saturated rings. The predicted molar refractivity (Wildman–Crippen MR) is 95.9 cm³/mol. The van der Waals surface area contributed by atoms with Crippen molar-refractivity contribution in [2.45, 2.75) is 45.3 Å². The van der Waals surface area contributed by atoms with Gasteiger partial charge in [0, 0.05) is 12.5 Å². The molecule has 0 radical (unpaired) electrons. The Bertz CT molecular complexity index is 723. The maximum Gasteiger partial charge on any atom is 0.220 e. The van der Waals surface area contributed by atoms with Crippen molar-refractivity contribution in [2.75, 3.05) is 5.73 Å². The van der Waals surface area contributed by atoms with Crippen LogP contribution in [-0.4, -0.2) is 11.9 Å². The number of carbonyl (C=O) groups is 1. The average molecular weight is 324 g/mol. The molecule has 0 bridgehead atoms. The third-order valence-electron chi connectivity index (χ3n) is 4.13. The van der Waals surface area contributed by atoms with E-state index in [2.05, 4.69) is 24.4 Å². The average Bonchev–Trinajstić information content (AvgIpc) is 3.36. The van der Waals surface area contributed by atoms with Crippen LogP contribution in [0.4, 0.5) is 5.69 Å². The first-order valence-electron chi connectivity index (χ1n) is 8.46. The Morgan fingerprint density at radius 1 is 1.21 bits per heavy atom. The standard InChI is InChI=1S/C20H24N2O2/c1-14-3-2-4-16(11-14)13-24-19-9-5-15(12-18(19)21)6-10-20(23)22-17-7-8-17/h2-5,9,11-12,17H,6-8,10,13,21H2,1H3,(H,22,23). The maximum absolute atomic E-state index is 11.7. The number of amides is 1. The van der Waals surface area contributed by atoms with Crippen molar-refractivity contribution in [3.8, 4) is 5.75 Å². The fourth-order valence-corrected chi connectivity index (χ4v) is 2.63. The Balaban J connectivity index is 1.52. The van der Waals surface area contributed by atoms with Gasteiger partial charge in [-0.15, -0.1) is 0 Å². The molecule has 4 nitrogen and oxygen atoms in total. The fraction of sp³-hybridized carbons (Fsp3) is 0.350. The summed E-state index contributed by atoms with van der Waals surface area (Å²) < 4.78 is 5.82. The highest BCUT2D eigenvalue weighted by Crippen LogP contribution is 2.24. The van der Waals surface area contributed by atoms with Gasteiger partial charge < -0.3 is 15.8 Å². The van der Waals surface area contributed by atoms with Crippen LogP contribution in [-0.2, 0) is 17.8 Å². The number of aryl methyl sites for hydroxylation is 2. The van der Waals surface area contributed by atoms with Gasteiger partial charge in [-0.3, -0.25) is 4.79 Å². The number of benzene rings is 2. The maximum atomic E-state index is 11.7. The molecule has 1 aliphatic carbocycles. The van der Waals surface area contributed by atoms with E-state index in [1.165, 1.54) is 5.56 Å². The minimum Gasteiger partial charge on any atom is -0.487 e. The Labute approximate surface area is 143 Å². The van der Waals surface area contributed by atoms with E-state index in [4.69, 9.17) is 10.5 Å². The minimum absolute atomic E-state index is 0.121. The Morgan fingerprint density at radius 3 is 2.75 bits per heavy atom. The van der Waals surface area contributed by atoms with E-state index in [-0.39, 0.29) is 5.91 Å². The van der Waals surface area contributed by atoms with Gasteiger partial charge in [0.05, 0.1) is 5.69 Å². The van der Waals surface area contributed by atoms with Gasteiger partial charge in [0.2, 0.25) is 5.91 Å².